The van der Waals surface area contributed by atoms with E-state index in [9.17, 15) is 0 Å². The van der Waals surface area contributed by atoms with Gasteiger partial charge >= 0.3 is 0 Å². The second kappa shape index (κ2) is 11.8. The molecule has 0 radical (unpaired) electrons. The zero-order valence-corrected chi connectivity index (χ0v) is 19.9. The van der Waals surface area contributed by atoms with E-state index >= 15 is 0 Å². The number of rotatable bonds is 6. The average molecular weight is 444 g/mol. The fraction of sp³-hybridized carbons (Fsp3) is 0.345. The minimum absolute atomic E-state index is 0.779. The summed E-state index contributed by atoms with van der Waals surface area (Å²) >= 11 is 0. The molecule has 33 heavy (non-hydrogen) atoms. The van der Waals surface area contributed by atoms with Crippen molar-refractivity contribution >= 4 is 11.4 Å². The summed E-state index contributed by atoms with van der Waals surface area (Å²) in [6, 6.07) is 17.6. The van der Waals surface area contributed by atoms with Crippen molar-refractivity contribution in [3.05, 3.63) is 101 Å². The first-order valence-corrected chi connectivity index (χ1v) is 11.9. The molecule has 4 rings (SSSR count). The molecular formula is C29H35N2O2+. The van der Waals surface area contributed by atoms with Crippen molar-refractivity contribution in [3.63, 3.8) is 0 Å². The van der Waals surface area contributed by atoms with Crippen LogP contribution in [0.15, 0.2) is 78.9 Å². The zero-order chi connectivity index (χ0) is 22.9. The highest BCUT2D eigenvalue weighted by Gasteiger charge is 2.18. The fourth-order valence-corrected chi connectivity index (χ4v) is 4.18. The quantitative estimate of drug-likeness (QED) is 0.481. The summed E-state index contributed by atoms with van der Waals surface area (Å²) in [6.45, 7) is 11.1. The summed E-state index contributed by atoms with van der Waals surface area (Å²) in [5, 5.41) is 0. The molecule has 172 valence electrons. The summed E-state index contributed by atoms with van der Waals surface area (Å²) in [5.74, 6) is 0. The Morgan fingerprint density at radius 1 is 0.727 bits per heavy atom. The Morgan fingerprint density at radius 3 is 1.94 bits per heavy atom. The van der Waals surface area contributed by atoms with Gasteiger partial charge in [-0.3, -0.25) is 0 Å². The van der Waals surface area contributed by atoms with Gasteiger partial charge in [0, 0.05) is 30.4 Å². The van der Waals surface area contributed by atoms with Crippen LogP contribution in [0.25, 0.3) is 5.70 Å². The molecule has 0 aliphatic carbocycles. The van der Waals surface area contributed by atoms with Crippen molar-refractivity contribution in [1.29, 1.82) is 0 Å². The highest BCUT2D eigenvalue weighted by atomic mass is 16.5. The van der Waals surface area contributed by atoms with E-state index in [4.69, 9.17) is 9.47 Å². The summed E-state index contributed by atoms with van der Waals surface area (Å²) in [4.78, 5) is 2.42. The second-order valence-electron chi connectivity index (χ2n) is 8.61. The molecule has 4 nitrogen and oxygen atoms in total. The minimum Gasteiger partial charge on any atom is -0.378 e. The second-order valence-corrected chi connectivity index (χ2v) is 8.61. The van der Waals surface area contributed by atoms with Crippen LogP contribution in [-0.2, 0) is 9.47 Å². The van der Waals surface area contributed by atoms with Gasteiger partial charge in [0.15, 0.2) is 13.1 Å². The van der Waals surface area contributed by atoms with E-state index in [1.54, 1.807) is 0 Å². The summed E-state index contributed by atoms with van der Waals surface area (Å²) in [7, 11) is 0. The largest absolute Gasteiger partial charge is 0.378 e. The molecule has 0 spiro atoms. The SMILES string of the molecule is Cc1ccc(C(=CC=CC=CC(c2ccc(C)cc2)=[N+]2CCOCC2)N2CCOCC2)cc1. The molecule has 0 unspecified atom stereocenters. The van der Waals surface area contributed by atoms with Crippen molar-refractivity contribution in [2.24, 2.45) is 0 Å². The third-order valence-electron chi connectivity index (χ3n) is 6.13. The van der Waals surface area contributed by atoms with Gasteiger partial charge in [-0.25, -0.2) is 4.58 Å². The Labute approximate surface area is 198 Å². The minimum atomic E-state index is 0.779. The molecule has 2 saturated heterocycles. The van der Waals surface area contributed by atoms with Crippen molar-refractivity contribution in [1.82, 2.24) is 4.90 Å². The lowest BCUT2D eigenvalue weighted by Gasteiger charge is -2.31. The number of allylic oxidation sites excluding steroid dienone is 5. The maximum atomic E-state index is 5.57. The Hall–Kier alpha value is -2.95. The van der Waals surface area contributed by atoms with E-state index in [1.165, 1.54) is 33.7 Å². The Morgan fingerprint density at radius 2 is 1.30 bits per heavy atom. The van der Waals surface area contributed by atoms with Gasteiger partial charge in [-0.05, 0) is 37.6 Å². The third kappa shape index (κ3) is 6.53. The molecule has 0 amide bonds. The number of benzene rings is 2. The van der Waals surface area contributed by atoms with E-state index < -0.39 is 0 Å². The standard InChI is InChI=1S/C29H35N2O2/c1-24-8-12-26(13-9-24)28(30-16-20-32-21-17-30)6-4-3-5-7-29(31-18-22-33-23-19-31)27-14-10-25(2)11-15-27/h3-15H,16-23H2,1-2H3/q+1. The van der Waals surface area contributed by atoms with E-state index in [2.05, 4.69) is 102 Å². The van der Waals surface area contributed by atoms with Gasteiger partial charge in [0.1, 0.15) is 13.2 Å². The Bertz CT molecular complexity index is 1020. The first-order chi connectivity index (χ1) is 16.2. The number of nitrogens with zero attached hydrogens (tertiary/aromatic N) is 2. The van der Waals surface area contributed by atoms with Crippen molar-refractivity contribution < 1.29 is 14.0 Å². The molecule has 0 atom stereocenters. The Balaban J connectivity index is 1.56. The molecule has 2 aliphatic heterocycles. The number of hydrogen-bond acceptors (Lipinski definition) is 3. The predicted molar refractivity (Wildman–Crippen MR) is 136 cm³/mol. The lowest BCUT2D eigenvalue weighted by atomic mass is 10.1. The van der Waals surface area contributed by atoms with Gasteiger partial charge in [-0.2, -0.15) is 0 Å². The van der Waals surface area contributed by atoms with Gasteiger partial charge in [0.2, 0.25) is 5.71 Å². The van der Waals surface area contributed by atoms with Gasteiger partial charge in [-0.1, -0.05) is 65.8 Å². The topological polar surface area (TPSA) is 24.7 Å². The van der Waals surface area contributed by atoms with Crippen LogP contribution in [-0.4, -0.2) is 67.8 Å². The van der Waals surface area contributed by atoms with Gasteiger partial charge < -0.3 is 14.4 Å². The van der Waals surface area contributed by atoms with Crippen LogP contribution < -0.4 is 0 Å². The maximum absolute atomic E-state index is 5.57. The van der Waals surface area contributed by atoms with Crippen LogP contribution >= 0.6 is 0 Å². The highest BCUT2D eigenvalue weighted by molar-refractivity contribution is 6.05. The molecule has 0 aromatic heterocycles. The number of ether oxygens (including phenoxy) is 2. The molecular weight excluding hydrogens is 408 g/mol. The molecule has 2 aromatic carbocycles. The van der Waals surface area contributed by atoms with Crippen LogP contribution in [0.3, 0.4) is 0 Å². The molecule has 2 aromatic rings. The maximum Gasteiger partial charge on any atom is 0.207 e. The van der Waals surface area contributed by atoms with Crippen LogP contribution in [0, 0.1) is 13.8 Å². The van der Waals surface area contributed by atoms with E-state index in [1.807, 2.05) is 0 Å². The van der Waals surface area contributed by atoms with Crippen LogP contribution in [0.5, 0.6) is 0 Å². The highest BCUT2D eigenvalue weighted by Crippen LogP contribution is 2.21. The Kier molecular flexibility index (Phi) is 8.29. The lowest BCUT2D eigenvalue weighted by molar-refractivity contribution is -0.548. The van der Waals surface area contributed by atoms with Crippen LogP contribution in [0.1, 0.15) is 22.3 Å². The summed E-state index contributed by atoms with van der Waals surface area (Å²) < 4.78 is 13.6. The molecule has 0 N–H and O–H groups in total. The van der Waals surface area contributed by atoms with Gasteiger partial charge in [-0.15, -0.1) is 0 Å². The molecule has 2 aliphatic rings. The predicted octanol–water partition coefficient (Wildman–Crippen LogP) is 4.62. The molecule has 0 saturated carbocycles. The molecule has 4 heteroatoms. The van der Waals surface area contributed by atoms with E-state index in [0.29, 0.717) is 0 Å². The number of hydrogen-bond donors (Lipinski definition) is 0. The number of morpholine rings is 2. The van der Waals surface area contributed by atoms with E-state index in [0.717, 1.165) is 52.6 Å². The molecule has 0 bridgehead atoms. The van der Waals surface area contributed by atoms with Crippen molar-refractivity contribution in [2.45, 2.75) is 13.8 Å². The normalized spacial score (nSPS) is 17.8. The molecule has 2 heterocycles. The van der Waals surface area contributed by atoms with Gasteiger partial charge in [0.25, 0.3) is 0 Å². The summed E-state index contributed by atoms with van der Waals surface area (Å²) in [6.07, 6.45) is 10.9. The first kappa shape index (κ1) is 23.2. The monoisotopic (exact) mass is 443 g/mol. The van der Waals surface area contributed by atoms with Crippen molar-refractivity contribution in [2.75, 3.05) is 52.6 Å². The smallest absolute Gasteiger partial charge is 0.207 e. The third-order valence-corrected chi connectivity index (χ3v) is 6.13. The van der Waals surface area contributed by atoms with Crippen LogP contribution in [0.4, 0.5) is 0 Å². The van der Waals surface area contributed by atoms with Crippen molar-refractivity contribution in [3.8, 4) is 0 Å². The average Bonchev–Trinajstić information content (AvgIpc) is 2.86. The number of aryl methyl sites for hydroxylation is 2. The molecule has 2 fully saturated rings. The zero-order valence-electron chi connectivity index (χ0n) is 19.9. The lowest BCUT2D eigenvalue weighted by Crippen LogP contribution is -2.34. The van der Waals surface area contributed by atoms with E-state index in [-0.39, 0.29) is 0 Å². The van der Waals surface area contributed by atoms with Gasteiger partial charge in [0.05, 0.1) is 13.2 Å². The van der Waals surface area contributed by atoms with Crippen LogP contribution in [0.2, 0.25) is 0 Å². The summed E-state index contributed by atoms with van der Waals surface area (Å²) in [5.41, 5.74) is 7.55. The first-order valence-electron chi connectivity index (χ1n) is 11.9. The fourth-order valence-electron chi connectivity index (χ4n) is 4.18.